The van der Waals surface area contributed by atoms with Crippen LogP contribution in [0, 0.1) is 20.8 Å². The number of rotatable bonds is 9. The Hall–Kier alpha value is -2.91. The van der Waals surface area contributed by atoms with E-state index in [9.17, 15) is 9.59 Å². The first-order valence-corrected chi connectivity index (χ1v) is 12.6. The Bertz CT molecular complexity index is 1210. The Morgan fingerprint density at radius 1 is 1.15 bits per heavy atom. The normalized spacial score (nSPS) is 11.7. The van der Waals surface area contributed by atoms with E-state index in [2.05, 4.69) is 43.3 Å². The maximum atomic E-state index is 12.6. The maximum absolute atomic E-state index is 12.6. The summed E-state index contributed by atoms with van der Waals surface area (Å²) in [5.74, 6) is 0.427. The SMILES string of the molecule is C=CCn1c(SCC(=O)Nc2cc(C)c(C)cc2Br)nnc1[C@H](C)NC(=O)c1ccc(C)cc1. The molecule has 0 aliphatic carbocycles. The van der Waals surface area contributed by atoms with E-state index >= 15 is 0 Å². The van der Waals surface area contributed by atoms with Gasteiger partial charge in [0.15, 0.2) is 11.0 Å². The number of hydrogen-bond donors (Lipinski definition) is 2. The van der Waals surface area contributed by atoms with Gasteiger partial charge in [0, 0.05) is 16.6 Å². The zero-order valence-corrected chi connectivity index (χ0v) is 22.1. The van der Waals surface area contributed by atoms with Gasteiger partial charge in [-0.15, -0.1) is 16.8 Å². The molecule has 34 heavy (non-hydrogen) atoms. The summed E-state index contributed by atoms with van der Waals surface area (Å²) in [5, 5.41) is 15.0. The van der Waals surface area contributed by atoms with Gasteiger partial charge in [-0.25, -0.2) is 0 Å². The van der Waals surface area contributed by atoms with Crippen LogP contribution in [0.1, 0.15) is 45.8 Å². The molecule has 3 rings (SSSR count). The summed E-state index contributed by atoms with van der Waals surface area (Å²) < 4.78 is 2.70. The van der Waals surface area contributed by atoms with E-state index < -0.39 is 0 Å². The second kappa shape index (κ2) is 11.5. The second-order valence-electron chi connectivity index (χ2n) is 8.05. The van der Waals surface area contributed by atoms with Gasteiger partial charge in [0.1, 0.15) is 0 Å². The first-order chi connectivity index (χ1) is 16.2. The minimum absolute atomic E-state index is 0.149. The molecule has 1 aromatic heterocycles. The van der Waals surface area contributed by atoms with Crippen molar-refractivity contribution in [3.8, 4) is 0 Å². The highest BCUT2D eigenvalue weighted by atomic mass is 79.9. The molecule has 0 saturated heterocycles. The largest absolute Gasteiger partial charge is 0.342 e. The van der Waals surface area contributed by atoms with Crippen LogP contribution in [-0.2, 0) is 11.3 Å². The van der Waals surface area contributed by atoms with E-state index in [0.29, 0.717) is 23.1 Å². The third-order valence-corrected chi connectivity index (χ3v) is 6.92. The topological polar surface area (TPSA) is 88.9 Å². The van der Waals surface area contributed by atoms with E-state index in [0.717, 1.165) is 26.9 Å². The van der Waals surface area contributed by atoms with Crippen LogP contribution in [0.25, 0.3) is 0 Å². The van der Waals surface area contributed by atoms with Crippen LogP contribution in [0.15, 0.2) is 58.7 Å². The number of nitrogens with one attached hydrogen (secondary N) is 2. The van der Waals surface area contributed by atoms with Gasteiger partial charge in [-0.05, 0) is 79.0 Å². The van der Waals surface area contributed by atoms with E-state index in [1.807, 2.05) is 56.5 Å². The number of halogens is 1. The number of anilines is 1. The molecule has 3 aromatic rings. The third-order valence-electron chi connectivity index (χ3n) is 5.30. The highest BCUT2D eigenvalue weighted by molar-refractivity contribution is 9.10. The molecule has 1 atom stereocenters. The molecule has 0 aliphatic rings. The molecule has 0 saturated carbocycles. The summed E-state index contributed by atoms with van der Waals surface area (Å²) in [7, 11) is 0. The van der Waals surface area contributed by atoms with E-state index in [1.54, 1.807) is 18.2 Å². The van der Waals surface area contributed by atoms with Crippen molar-refractivity contribution in [1.29, 1.82) is 0 Å². The zero-order valence-electron chi connectivity index (χ0n) is 19.7. The predicted molar refractivity (Wildman–Crippen MR) is 140 cm³/mol. The fourth-order valence-electron chi connectivity index (χ4n) is 3.27. The number of carbonyl (C=O) groups excluding carboxylic acids is 2. The molecule has 7 nitrogen and oxygen atoms in total. The number of aryl methyl sites for hydroxylation is 3. The van der Waals surface area contributed by atoms with Gasteiger partial charge in [-0.1, -0.05) is 35.5 Å². The Balaban J connectivity index is 1.67. The molecule has 2 N–H and O–H groups in total. The van der Waals surface area contributed by atoms with Crippen LogP contribution in [0.3, 0.4) is 0 Å². The number of carbonyl (C=O) groups is 2. The van der Waals surface area contributed by atoms with E-state index in [-0.39, 0.29) is 23.6 Å². The molecule has 0 fully saturated rings. The van der Waals surface area contributed by atoms with Crippen molar-refractivity contribution in [2.24, 2.45) is 0 Å². The lowest BCUT2D eigenvalue weighted by atomic mass is 10.1. The van der Waals surface area contributed by atoms with Crippen LogP contribution in [-0.4, -0.2) is 32.3 Å². The predicted octanol–water partition coefficient (Wildman–Crippen LogP) is 5.37. The number of nitrogens with zero attached hydrogens (tertiary/aromatic N) is 3. The van der Waals surface area contributed by atoms with Crippen molar-refractivity contribution in [3.63, 3.8) is 0 Å². The lowest BCUT2D eigenvalue weighted by molar-refractivity contribution is -0.113. The smallest absolute Gasteiger partial charge is 0.251 e. The summed E-state index contributed by atoms with van der Waals surface area (Å²) in [6.07, 6.45) is 1.73. The summed E-state index contributed by atoms with van der Waals surface area (Å²) in [6, 6.07) is 10.9. The molecular formula is C25H28BrN5O2S. The maximum Gasteiger partial charge on any atom is 0.251 e. The minimum atomic E-state index is -0.379. The standard InChI is InChI=1S/C25H28BrN5O2S/c1-6-11-31-23(18(5)27-24(33)19-9-7-15(2)8-10-19)29-30-25(31)34-14-22(32)28-21-13-17(4)16(3)12-20(21)26/h6-10,12-13,18H,1,11,14H2,2-5H3,(H,27,33)(H,28,32)/t18-/m0/s1. The summed E-state index contributed by atoms with van der Waals surface area (Å²) in [5.41, 5.74) is 4.65. The fourth-order valence-corrected chi connectivity index (χ4v) is 4.58. The molecule has 9 heteroatoms. The van der Waals surface area contributed by atoms with Crippen molar-refractivity contribution in [2.45, 2.75) is 45.4 Å². The van der Waals surface area contributed by atoms with Crippen molar-refractivity contribution in [3.05, 3.63) is 81.6 Å². The number of amides is 2. The number of hydrogen-bond acceptors (Lipinski definition) is 5. The van der Waals surface area contributed by atoms with Crippen molar-refractivity contribution >= 4 is 45.2 Å². The minimum Gasteiger partial charge on any atom is -0.342 e. The zero-order chi connectivity index (χ0) is 24.8. The molecule has 0 bridgehead atoms. The number of benzene rings is 2. The molecule has 2 amide bonds. The van der Waals surface area contributed by atoms with Gasteiger partial charge in [-0.2, -0.15) is 0 Å². The van der Waals surface area contributed by atoms with Crippen molar-refractivity contribution in [1.82, 2.24) is 20.1 Å². The first kappa shape index (κ1) is 25.7. The van der Waals surface area contributed by atoms with Crippen LogP contribution < -0.4 is 10.6 Å². The van der Waals surface area contributed by atoms with Crippen LogP contribution in [0.5, 0.6) is 0 Å². The Morgan fingerprint density at radius 3 is 2.50 bits per heavy atom. The highest BCUT2D eigenvalue weighted by Gasteiger charge is 2.20. The third kappa shape index (κ3) is 6.36. The van der Waals surface area contributed by atoms with Gasteiger partial charge in [-0.3, -0.25) is 9.59 Å². The Morgan fingerprint density at radius 2 is 1.82 bits per heavy atom. The Labute approximate surface area is 212 Å². The monoisotopic (exact) mass is 541 g/mol. The van der Waals surface area contributed by atoms with Gasteiger partial charge in [0.05, 0.1) is 17.5 Å². The van der Waals surface area contributed by atoms with Gasteiger partial charge < -0.3 is 15.2 Å². The molecule has 0 aliphatic heterocycles. The van der Waals surface area contributed by atoms with Crippen LogP contribution in [0.4, 0.5) is 5.69 Å². The average Bonchev–Trinajstić information content (AvgIpc) is 3.19. The van der Waals surface area contributed by atoms with Crippen molar-refractivity contribution in [2.75, 3.05) is 11.1 Å². The van der Waals surface area contributed by atoms with Crippen molar-refractivity contribution < 1.29 is 9.59 Å². The van der Waals surface area contributed by atoms with Gasteiger partial charge >= 0.3 is 0 Å². The van der Waals surface area contributed by atoms with Crippen LogP contribution >= 0.6 is 27.7 Å². The molecule has 2 aromatic carbocycles. The Kier molecular flexibility index (Phi) is 8.68. The van der Waals surface area contributed by atoms with Crippen LogP contribution in [0.2, 0.25) is 0 Å². The molecule has 178 valence electrons. The lowest BCUT2D eigenvalue weighted by Gasteiger charge is -2.15. The number of thioether (sulfide) groups is 1. The first-order valence-electron chi connectivity index (χ1n) is 10.8. The van der Waals surface area contributed by atoms with Gasteiger partial charge in [0.25, 0.3) is 5.91 Å². The average molecular weight is 543 g/mol. The molecule has 0 unspecified atom stereocenters. The number of allylic oxidation sites excluding steroid dienone is 1. The van der Waals surface area contributed by atoms with E-state index in [1.165, 1.54) is 11.8 Å². The summed E-state index contributed by atoms with van der Waals surface area (Å²) in [4.78, 5) is 25.2. The summed E-state index contributed by atoms with van der Waals surface area (Å²) in [6.45, 7) is 12.1. The fraction of sp³-hybridized carbons (Fsp3) is 0.280. The summed E-state index contributed by atoms with van der Waals surface area (Å²) >= 11 is 4.79. The lowest BCUT2D eigenvalue weighted by Crippen LogP contribution is -2.28. The van der Waals surface area contributed by atoms with Gasteiger partial charge in [0.2, 0.25) is 5.91 Å². The van der Waals surface area contributed by atoms with E-state index in [4.69, 9.17) is 0 Å². The molecular weight excluding hydrogens is 514 g/mol. The molecule has 0 spiro atoms. The molecule has 1 heterocycles. The number of aromatic nitrogens is 3. The quantitative estimate of drug-likeness (QED) is 0.280. The highest BCUT2D eigenvalue weighted by Crippen LogP contribution is 2.27. The molecule has 0 radical (unpaired) electrons. The second-order valence-corrected chi connectivity index (χ2v) is 9.85.